The van der Waals surface area contributed by atoms with Gasteiger partial charge in [-0.3, -0.25) is 9.48 Å². The standard InChI is InChI=1S/C24H29N3O6S/c1-16(2)34(29,30)22-8-6-19(7-9-22)33-21-13-18(12-20(14-21)32-17(3)15-31-5)24(28)25-23-10-11-27(4)26-23/h6-14,16-17H,15H2,1-5H3,(H,25,26,28)/t17-/m0/s1. The van der Waals surface area contributed by atoms with Gasteiger partial charge in [0.15, 0.2) is 15.7 Å². The molecule has 1 atom stereocenters. The number of hydrogen-bond donors (Lipinski definition) is 1. The second kappa shape index (κ2) is 10.7. The van der Waals surface area contributed by atoms with E-state index < -0.39 is 15.1 Å². The number of hydrogen-bond acceptors (Lipinski definition) is 7. The number of carbonyl (C=O) groups is 1. The molecule has 2 aromatic carbocycles. The third-order valence-electron chi connectivity index (χ3n) is 4.84. The van der Waals surface area contributed by atoms with Gasteiger partial charge in [-0.25, -0.2) is 8.42 Å². The number of anilines is 1. The number of benzene rings is 2. The molecule has 1 amide bonds. The maximum atomic E-state index is 12.8. The number of carbonyl (C=O) groups excluding carboxylic acids is 1. The molecule has 9 nitrogen and oxygen atoms in total. The van der Waals surface area contributed by atoms with Gasteiger partial charge < -0.3 is 19.5 Å². The topological polar surface area (TPSA) is 109 Å². The normalized spacial score (nSPS) is 12.4. The zero-order chi connectivity index (χ0) is 24.9. The number of aryl methyl sites for hydroxylation is 1. The van der Waals surface area contributed by atoms with Crippen LogP contribution in [0.1, 0.15) is 31.1 Å². The van der Waals surface area contributed by atoms with E-state index in [-0.39, 0.29) is 16.9 Å². The molecule has 3 aromatic rings. The van der Waals surface area contributed by atoms with Crippen molar-refractivity contribution in [2.45, 2.75) is 37.0 Å². The van der Waals surface area contributed by atoms with Gasteiger partial charge in [0.2, 0.25) is 0 Å². The average Bonchev–Trinajstić information content (AvgIpc) is 3.18. The Morgan fingerprint density at radius 1 is 1.03 bits per heavy atom. The first-order chi connectivity index (χ1) is 16.1. The molecule has 3 rings (SSSR count). The molecule has 10 heteroatoms. The predicted octanol–water partition coefficient (Wildman–Crippen LogP) is 4.06. The van der Waals surface area contributed by atoms with Crippen LogP contribution in [0.2, 0.25) is 0 Å². The lowest BCUT2D eigenvalue weighted by Crippen LogP contribution is -2.18. The fraction of sp³-hybridized carbons (Fsp3) is 0.333. The lowest BCUT2D eigenvalue weighted by atomic mass is 10.2. The van der Waals surface area contributed by atoms with Crippen LogP contribution in [0.3, 0.4) is 0 Å². The fourth-order valence-corrected chi connectivity index (χ4v) is 4.17. The zero-order valence-electron chi connectivity index (χ0n) is 19.8. The Morgan fingerprint density at radius 2 is 1.71 bits per heavy atom. The lowest BCUT2D eigenvalue weighted by Gasteiger charge is -2.16. The Labute approximate surface area is 199 Å². The van der Waals surface area contributed by atoms with Crippen molar-refractivity contribution in [3.8, 4) is 17.2 Å². The minimum Gasteiger partial charge on any atom is -0.488 e. The van der Waals surface area contributed by atoms with E-state index in [1.165, 1.54) is 12.1 Å². The molecule has 182 valence electrons. The second-order valence-corrected chi connectivity index (χ2v) is 10.6. The summed E-state index contributed by atoms with van der Waals surface area (Å²) in [6.45, 7) is 5.48. The number of aromatic nitrogens is 2. The molecule has 0 spiro atoms. The highest BCUT2D eigenvalue weighted by Crippen LogP contribution is 2.30. The van der Waals surface area contributed by atoms with E-state index in [1.54, 1.807) is 75.3 Å². The monoisotopic (exact) mass is 487 g/mol. The number of ether oxygens (including phenoxy) is 3. The van der Waals surface area contributed by atoms with E-state index in [9.17, 15) is 13.2 Å². The summed E-state index contributed by atoms with van der Waals surface area (Å²) in [4.78, 5) is 13.1. The molecule has 1 N–H and O–H groups in total. The summed E-state index contributed by atoms with van der Waals surface area (Å²) in [7, 11) is -0.0536. The smallest absolute Gasteiger partial charge is 0.257 e. The predicted molar refractivity (Wildman–Crippen MR) is 128 cm³/mol. The van der Waals surface area contributed by atoms with Crippen LogP contribution in [0.15, 0.2) is 59.6 Å². The number of methoxy groups -OCH3 is 1. The summed E-state index contributed by atoms with van der Waals surface area (Å²) < 4.78 is 43.2. The van der Waals surface area contributed by atoms with Crippen LogP contribution < -0.4 is 14.8 Å². The van der Waals surface area contributed by atoms with Crippen molar-refractivity contribution >= 4 is 21.6 Å². The number of rotatable bonds is 10. The van der Waals surface area contributed by atoms with E-state index in [0.29, 0.717) is 35.2 Å². The molecule has 0 aliphatic carbocycles. The Balaban J connectivity index is 1.87. The van der Waals surface area contributed by atoms with Crippen molar-refractivity contribution < 1.29 is 27.4 Å². The molecule has 1 aromatic heterocycles. The van der Waals surface area contributed by atoms with Gasteiger partial charge in [0, 0.05) is 38.1 Å². The molecule has 0 bridgehead atoms. The molecule has 0 fully saturated rings. The van der Waals surface area contributed by atoms with Crippen LogP contribution in [0, 0.1) is 0 Å². The van der Waals surface area contributed by atoms with Crippen molar-refractivity contribution in [3.05, 3.63) is 60.3 Å². The highest BCUT2D eigenvalue weighted by atomic mass is 32.2. The average molecular weight is 488 g/mol. The van der Waals surface area contributed by atoms with Crippen molar-refractivity contribution in [1.29, 1.82) is 0 Å². The van der Waals surface area contributed by atoms with Crippen LogP contribution in [0.4, 0.5) is 5.82 Å². The van der Waals surface area contributed by atoms with Crippen LogP contribution in [0.25, 0.3) is 0 Å². The summed E-state index contributed by atoms with van der Waals surface area (Å²) in [6.07, 6.45) is 1.46. The van der Waals surface area contributed by atoms with Crippen LogP contribution in [-0.2, 0) is 21.6 Å². The van der Waals surface area contributed by atoms with E-state index in [0.717, 1.165) is 0 Å². The molecule has 0 aliphatic heterocycles. The van der Waals surface area contributed by atoms with Crippen LogP contribution >= 0.6 is 0 Å². The van der Waals surface area contributed by atoms with Gasteiger partial charge >= 0.3 is 0 Å². The van der Waals surface area contributed by atoms with Crippen molar-refractivity contribution in [3.63, 3.8) is 0 Å². The quantitative estimate of drug-likeness (QED) is 0.459. The highest BCUT2D eigenvalue weighted by Gasteiger charge is 2.19. The van der Waals surface area contributed by atoms with Crippen molar-refractivity contribution in [2.24, 2.45) is 7.05 Å². The second-order valence-electron chi connectivity index (χ2n) is 8.07. The SMILES string of the molecule is COC[C@H](C)Oc1cc(Oc2ccc(S(=O)(=O)C(C)C)cc2)cc(C(=O)Nc2ccn(C)n2)c1. The molecule has 0 saturated carbocycles. The number of nitrogens with one attached hydrogen (secondary N) is 1. The fourth-order valence-electron chi connectivity index (χ4n) is 3.11. The Bertz CT molecular complexity index is 1240. The molecule has 0 unspecified atom stereocenters. The molecule has 0 aliphatic rings. The maximum Gasteiger partial charge on any atom is 0.257 e. The lowest BCUT2D eigenvalue weighted by molar-refractivity contribution is 0.0915. The Hall–Kier alpha value is -3.37. The van der Waals surface area contributed by atoms with Crippen LogP contribution in [-0.4, -0.2) is 49.2 Å². The largest absolute Gasteiger partial charge is 0.488 e. The first-order valence-corrected chi connectivity index (χ1v) is 12.3. The molecule has 0 radical (unpaired) electrons. The van der Waals surface area contributed by atoms with Crippen molar-refractivity contribution in [2.75, 3.05) is 19.0 Å². The highest BCUT2D eigenvalue weighted by molar-refractivity contribution is 7.92. The maximum absolute atomic E-state index is 12.8. The molecule has 0 saturated heterocycles. The van der Waals surface area contributed by atoms with E-state index in [1.807, 2.05) is 6.92 Å². The summed E-state index contributed by atoms with van der Waals surface area (Å²) in [5.41, 5.74) is 0.307. The van der Waals surface area contributed by atoms with Gasteiger partial charge in [-0.15, -0.1) is 0 Å². The Morgan fingerprint density at radius 3 is 2.29 bits per heavy atom. The molecule has 34 heavy (non-hydrogen) atoms. The third kappa shape index (κ3) is 6.36. The first-order valence-electron chi connectivity index (χ1n) is 10.7. The number of amides is 1. The van der Waals surface area contributed by atoms with Crippen LogP contribution in [0.5, 0.6) is 17.2 Å². The van der Waals surface area contributed by atoms with Gasteiger partial charge in [-0.1, -0.05) is 0 Å². The first kappa shape index (κ1) is 25.3. The third-order valence-corrected chi connectivity index (χ3v) is 7.02. The summed E-state index contributed by atoms with van der Waals surface area (Å²) in [6, 6.07) is 12.7. The molecule has 1 heterocycles. The number of nitrogens with zero attached hydrogens (tertiary/aromatic N) is 2. The van der Waals surface area contributed by atoms with Gasteiger partial charge in [0.25, 0.3) is 5.91 Å². The van der Waals surface area contributed by atoms with Crippen molar-refractivity contribution in [1.82, 2.24) is 9.78 Å². The minimum atomic E-state index is -3.39. The summed E-state index contributed by atoms with van der Waals surface area (Å²) in [5, 5.41) is 6.37. The summed E-state index contributed by atoms with van der Waals surface area (Å²) in [5.74, 6) is 1.23. The Kier molecular flexibility index (Phi) is 7.95. The molecular weight excluding hydrogens is 458 g/mol. The van der Waals surface area contributed by atoms with E-state index in [4.69, 9.17) is 14.2 Å². The van der Waals surface area contributed by atoms with E-state index >= 15 is 0 Å². The zero-order valence-corrected chi connectivity index (χ0v) is 20.6. The van der Waals surface area contributed by atoms with Gasteiger partial charge in [-0.2, -0.15) is 5.10 Å². The van der Waals surface area contributed by atoms with E-state index in [2.05, 4.69) is 10.4 Å². The van der Waals surface area contributed by atoms with Gasteiger partial charge in [-0.05, 0) is 57.2 Å². The van der Waals surface area contributed by atoms with Gasteiger partial charge in [0.05, 0.1) is 16.8 Å². The van der Waals surface area contributed by atoms with Gasteiger partial charge in [0.1, 0.15) is 23.4 Å². The molecular formula is C24H29N3O6S. The minimum absolute atomic E-state index is 0.218. The summed E-state index contributed by atoms with van der Waals surface area (Å²) >= 11 is 0. The number of sulfone groups is 1.